The molecule has 0 amide bonds. The van der Waals surface area contributed by atoms with Crippen LogP contribution in [0, 0.1) is 0 Å². The molecule has 20 heavy (non-hydrogen) atoms. The van der Waals surface area contributed by atoms with Crippen molar-refractivity contribution in [3.8, 4) is 0 Å². The van der Waals surface area contributed by atoms with Crippen molar-refractivity contribution >= 4 is 11.3 Å². The molecule has 2 aromatic heterocycles. The van der Waals surface area contributed by atoms with Gasteiger partial charge in [0.05, 0.1) is 11.7 Å². The average Bonchev–Trinajstić information content (AvgIpc) is 3.12. The van der Waals surface area contributed by atoms with E-state index in [1.54, 1.807) is 11.3 Å². The Bertz CT molecular complexity index is 488. The van der Waals surface area contributed by atoms with Crippen LogP contribution in [0.5, 0.6) is 0 Å². The highest BCUT2D eigenvalue weighted by molar-refractivity contribution is 7.07. The fourth-order valence-electron chi connectivity index (χ4n) is 2.49. The summed E-state index contributed by atoms with van der Waals surface area (Å²) in [7, 11) is 0. The second-order valence-corrected chi connectivity index (χ2v) is 5.94. The van der Waals surface area contributed by atoms with Crippen molar-refractivity contribution in [2.24, 2.45) is 5.84 Å². The number of hydrogen-bond acceptors (Lipinski definition) is 4. The van der Waals surface area contributed by atoms with Crippen LogP contribution in [0.1, 0.15) is 44.0 Å². The Morgan fingerprint density at radius 2 is 2.10 bits per heavy atom. The Balaban J connectivity index is 1.97. The van der Waals surface area contributed by atoms with E-state index in [1.165, 1.54) is 5.56 Å². The van der Waals surface area contributed by atoms with Gasteiger partial charge in [-0.15, -0.1) is 0 Å². The van der Waals surface area contributed by atoms with Gasteiger partial charge in [-0.25, -0.2) is 0 Å². The Morgan fingerprint density at radius 1 is 1.30 bits per heavy atom. The number of nitrogens with zero attached hydrogens (tertiary/aromatic N) is 2. The van der Waals surface area contributed by atoms with Crippen molar-refractivity contribution in [1.29, 1.82) is 0 Å². The summed E-state index contributed by atoms with van der Waals surface area (Å²) in [6.45, 7) is 4.41. The van der Waals surface area contributed by atoms with Gasteiger partial charge in [-0.05, 0) is 47.7 Å². The predicted molar refractivity (Wildman–Crippen MR) is 84.7 cm³/mol. The molecule has 0 fully saturated rings. The van der Waals surface area contributed by atoms with Crippen molar-refractivity contribution in [3.63, 3.8) is 0 Å². The summed E-state index contributed by atoms with van der Waals surface area (Å²) < 4.78 is 2.09. The maximum absolute atomic E-state index is 5.67. The maximum atomic E-state index is 5.67. The van der Waals surface area contributed by atoms with E-state index >= 15 is 0 Å². The molecule has 1 atom stereocenters. The second-order valence-electron chi connectivity index (χ2n) is 5.16. The van der Waals surface area contributed by atoms with Crippen molar-refractivity contribution in [2.75, 3.05) is 0 Å². The van der Waals surface area contributed by atoms with Gasteiger partial charge in [-0.2, -0.15) is 16.4 Å². The molecular weight excluding hydrogens is 268 g/mol. The van der Waals surface area contributed by atoms with Crippen LogP contribution >= 0.6 is 11.3 Å². The zero-order valence-electron chi connectivity index (χ0n) is 12.2. The van der Waals surface area contributed by atoms with E-state index in [1.807, 2.05) is 0 Å². The summed E-state index contributed by atoms with van der Waals surface area (Å²) in [4.78, 5) is 0. The quantitative estimate of drug-likeness (QED) is 0.581. The molecule has 0 aliphatic heterocycles. The first kappa shape index (κ1) is 15.2. The topological polar surface area (TPSA) is 55.9 Å². The summed E-state index contributed by atoms with van der Waals surface area (Å²) in [6.07, 6.45) is 6.12. The van der Waals surface area contributed by atoms with E-state index in [0.29, 0.717) is 6.04 Å². The highest BCUT2D eigenvalue weighted by Crippen LogP contribution is 2.16. The van der Waals surface area contributed by atoms with Gasteiger partial charge in [0.1, 0.15) is 0 Å². The van der Waals surface area contributed by atoms with E-state index < -0.39 is 0 Å². The van der Waals surface area contributed by atoms with Crippen LogP contribution in [0.3, 0.4) is 0 Å². The van der Waals surface area contributed by atoms with Gasteiger partial charge in [-0.1, -0.05) is 13.8 Å². The van der Waals surface area contributed by atoms with Gasteiger partial charge in [0.2, 0.25) is 0 Å². The molecular formula is C15H24N4S. The van der Waals surface area contributed by atoms with E-state index in [9.17, 15) is 0 Å². The van der Waals surface area contributed by atoms with Crippen LogP contribution in [-0.2, 0) is 12.8 Å². The SMILES string of the molecule is CCC(CC)n1ccc(CC(Cc2ccsc2)NN)n1. The molecule has 2 heterocycles. The number of hydrazine groups is 1. The van der Waals surface area contributed by atoms with Gasteiger partial charge in [-0.3, -0.25) is 16.0 Å². The molecule has 0 aromatic carbocycles. The minimum absolute atomic E-state index is 0.231. The van der Waals surface area contributed by atoms with Crippen LogP contribution in [0.4, 0.5) is 0 Å². The monoisotopic (exact) mass is 292 g/mol. The van der Waals surface area contributed by atoms with Crippen LogP contribution in [0.2, 0.25) is 0 Å². The summed E-state index contributed by atoms with van der Waals surface area (Å²) in [5.74, 6) is 5.67. The lowest BCUT2D eigenvalue weighted by Gasteiger charge is -2.15. The average molecular weight is 292 g/mol. The first-order valence-corrected chi connectivity index (χ1v) is 8.22. The number of thiophene rings is 1. The summed E-state index contributed by atoms with van der Waals surface area (Å²) in [5, 5.41) is 8.97. The molecule has 110 valence electrons. The second kappa shape index (κ2) is 7.57. The summed E-state index contributed by atoms with van der Waals surface area (Å²) in [5.41, 5.74) is 5.35. The molecule has 0 spiro atoms. The molecule has 5 heteroatoms. The van der Waals surface area contributed by atoms with E-state index in [2.05, 4.69) is 53.0 Å². The van der Waals surface area contributed by atoms with Crippen molar-refractivity contribution in [2.45, 2.75) is 51.6 Å². The molecule has 0 saturated carbocycles. The number of hydrogen-bond donors (Lipinski definition) is 2. The Hall–Kier alpha value is -1.17. The molecule has 0 radical (unpaired) electrons. The molecule has 1 unspecified atom stereocenters. The van der Waals surface area contributed by atoms with Gasteiger partial charge in [0.25, 0.3) is 0 Å². The Kier molecular flexibility index (Phi) is 5.76. The lowest BCUT2D eigenvalue weighted by Crippen LogP contribution is -2.38. The minimum Gasteiger partial charge on any atom is -0.271 e. The van der Waals surface area contributed by atoms with Gasteiger partial charge < -0.3 is 0 Å². The number of rotatable bonds is 8. The lowest BCUT2D eigenvalue weighted by molar-refractivity contribution is 0.421. The third-order valence-corrected chi connectivity index (χ3v) is 4.47. The standard InChI is InChI=1S/C15H24N4S/c1-3-15(4-2)19-7-5-13(18-19)10-14(17-16)9-12-6-8-20-11-12/h5-8,11,14-15,17H,3-4,9-10,16H2,1-2H3. The van der Waals surface area contributed by atoms with Crippen molar-refractivity contribution < 1.29 is 0 Å². The summed E-state index contributed by atoms with van der Waals surface area (Å²) >= 11 is 1.72. The number of aromatic nitrogens is 2. The predicted octanol–water partition coefficient (Wildman–Crippen LogP) is 2.92. The largest absolute Gasteiger partial charge is 0.271 e. The molecule has 0 aliphatic rings. The minimum atomic E-state index is 0.231. The highest BCUT2D eigenvalue weighted by atomic mass is 32.1. The molecule has 4 nitrogen and oxygen atoms in total. The van der Waals surface area contributed by atoms with Gasteiger partial charge in [0, 0.05) is 18.7 Å². The Morgan fingerprint density at radius 3 is 2.70 bits per heavy atom. The fraction of sp³-hybridized carbons (Fsp3) is 0.533. The van der Waals surface area contributed by atoms with Crippen molar-refractivity contribution in [1.82, 2.24) is 15.2 Å². The maximum Gasteiger partial charge on any atom is 0.0640 e. The zero-order chi connectivity index (χ0) is 14.4. The molecule has 2 rings (SSSR count). The third-order valence-electron chi connectivity index (χ3n) is 3.73. The van der Waals surface area contributed by atoms with Crippen LogP contribution < -0.4 is 11.3 Å². The van der Waals surface area contributed by atoms with Crippen LogP contribution in [-0.4, -0.2) is 15.8 Å². The molecule has 0 bridgehead atoms. The zero-order valence-corrected chi connectivity index (χ0v) is 13.1. The molecule has 0 saturated heterocycles. The Labute approximate surface area is 125 Å². The molecule has 3 N–H and O–H groups in total. The normalized spacial score (nSPS) is 13.0. The van der Waals surface area contributed by atoms with E-state index in [-0.39, 0.29) is 6.04 Å². The molecule has 2 aromatic rings. The van der Waals surface area contributed by atoms with E-state index in [0.717, 1.165) is 31.4 Å². The van der Waals surface area contributed by atoms with Crippen LogP contribution in [0.25, 0.3) is 0 Å². The fourth-order valence-corrected chi connectivity index (χ4v) is 3.17. The third kappa shape index (κ3) is 3.91. The first-order chi connectivity index (χ1) is 9.76. The first-order valence-electron chi connectivity index (χ1n) is 7.28. The highest BCUT2D eigenvalue weighted by Gasteiger charge is 2.13. The number of nitrogens with two attached hydrogens (primary N) is 1. The van der Waals surface area contributed by atoms with Crippen LogP contribution in [0.15, 0.2) is 29.1 Å². The van der Waals surface area contributed by atoms with Gasteiger partial charge in [0.15, 0.2) is 0 Å². The lowest BCUT2D eigenvalue weighted by atomic mass is 10.1. The van der Waals surface area contributed by atoms with E-state index in [4.69, 9.17) is 10.9 Å². The van der Waals surface area contributed by atoms with Crippen molar-refractivity contribution in [3.05, 3.63) is 40.3 Å². The smallest absolute Gasteiger partial charge is 0.0640 e. The van der Waals surface area contributed by atoms with Gasteiger partial charge >= 0.3 is 0 Å². The summed E-state index contributed by atoms with van der Waals surface area (Å²) in [6, 6.07) is 4.99. The molecule has 0 aliphatic carbocycles. The number of nitrogens with one attached hydrogen (secondary N) is 1.